The van der Waals surface area contributed by atoms with E-state index in [2.05, 4.69) is 0 Å². The zero-order chi connectivity index (χ0) is 37.0. The molecule has 258 valence electrons. The van der Waals surface area contributed by atoms with Crippen LogP contribution in [0.25, 0.3) is 0 Å². The first-order chi connectivity index (χ1) is 20.7. The van der Waals surface area contributed by atoms with Crippen molar-refractivity contribution in [2.45, 2.75) is 36.2 Å². The summed E-state index contributed by atoms with van der Waals surface area (Å²) in [5, 5.41) is 90.0. The highest BCUT2D eigenvalue weighted by Gasteiger charge is 2.57. The van der Waals surface area contributed by atoms with E-state index in [1.54, 1.807) is 0 Å². The molecule has 22 nitrogen and oxygen atoms in total. The second-order valence-electron chi connectivity index (χ2n) is 9.45. The SMILES string of the molecule is CP(=O)(C(C(=O)O)C(CC(=O)O)C(=O)O)C(C(=O)O)C(C(=O)O)C(CC(=O)O)C(=O)O.C[P+](=O)C(C(=O)O)C(CC(=O)O)C(=O)O. The van der Waals surface area contributed by atoms with Crippen LogP contribution in [0.15, 0.2) is 0 Å². The van der Waals surface area contributed by atoms with Gasteiger partial charge in [0.25, 0.3) is 5.66 Å². The van der Waals surface area contributed by atoms with E-state index in [1.807, 2.05) is 0 Å². The fourth-order valence-corrected chi connectivity index (χ4v) is 8.52. The molecule has 0 radical (unpaired) electrons. The zero-order valence-electron chi connectivity index (χ0n) is 23.4. The Kier molecular flexibility index (Phi) is 17.0. The zero-order valence-corrected chi connectivity index (χ0v) is 25.2. The van der Waals surface area contributed by atoms with E-state index in [0.29, 0.717) is 6.66 Å². The molecule has 9 unspecified atom stereocenters. The molecule has 0 aromatic carbocycles. The summed E-state index contributed by atoms with van der Waals surface area (Å²) in [6, 6.07) is 0. The molecule has 0 aliphatic rings. The summed E-state index contributed by atoms with van der Waals surface area (Å²) in [4.78, 5) is 111. The lowest BCUT2D eigenvalue weighted by Gasteiger charge is -2.34. The largest absolute Gasteiger partial charge is 0.481 e. The Bertz CT molecular complexity index is 1320. The van der Waals surface area contributed by atoms with Crippen molar-refractivity contribution >= 4 is 74.6 Å². The molecule has 0 aliphatic heterocycles. The Labute approximate surface area is 256 Å². The van der Waals surface area contributed by atoms with Crippen molar-refractivity contribution < 1.29 is 108 Å². The van der Waals surface area contributed by atoms with Gasteiger partial charge in [-0.1, -0.05) is 4.57 Å². The molecule has 0 spiro atoms. The van der Waals surface area contributed by atoms with Gasteiger partial charge in [-0.05, 0) is 6.66 Å². The van der Waals surface area contributed by atoms with E-state index >= 15 is 0 Å². The summed E-state index contributed by atoms with van der Waals surface area (Å²) < 4.78 is 24.4. The summed E-state index contributed by atoms with van der Waals surface area (Å²) in [5.74, 6) is -28.6. The Morgan fingerprint density at radius 1 is 0.500 bits per heavy atom. The molecule has 9 atom stereocenters. The minimum atomic E-state index is -5.12. The second kappa shape index (κ2) is 18.1. The van der Waals surface area contributed by atoms with Crippen LogP contribution in [-0.4, -0.2) is 141 Å². The van der Waals surface area contributed by atoms with Crippen molar-refractivity contribution in [2.75, 3.05) is 13.3 Å². The van der Waals surface area contributed by atoms with Crippen LogP contribution in [-0.2, 0) is 57.1 Å². The Balaban J connectivity index is 0. The highest BCUT2D eigenvalue weighted by molar-refractivity contribution is 7.66. The van der Waals surface area contributed by atoms with Crippen molar-refractivity contribution in [3.05, 3.63) is 0 Å². The summed E-state index contributed by atoms with van der Waals surface area (Å²) in [6.45, 7) is 1.46. The molecule has 0 bridgehead atoms. The van der Waals surface area contributed by atoms with Gasteiger partial charge in [0.15, 0.2) is 0 Å². The molecule has 46 heavy (non-hydrogen) atoms. The highest BCUT2D eigenvalue weighted by Crippen LogP contribution is 2.58. The molecule has 0 saturated heterocycles. The first-order valence-electron chi connectivity index (χ1n) is 12.0. The van der Waals surface area contributed by atoms with Gasteiger partial charge in [0, 0.05) is 0 Å². The smallest absolute Gasteiger partial charge is 0.356 e. The van der Waals surface area contributed by atoms with Crippen LogP contribution in [0.2, 0.25) is 0 Å². The molecule has 0 saturated carbocycles. The molecule has 0 aromatic heterocycles. The second-order valence-corrected chi connectivity index (χ2v) is 14.3. The van der Waals surface area contributed by atoms with Gasteiger partial charge in [-0.2, -0.15) is 0 Å². The Hall–Kier alpha value is -4.97. The molecular weight excluding hydrogens is 678 g/mol. The lowest BCUT2D eigenvalue weighted by molar-refractivity contribution is -0.159. The van der Waals surface area contributed by atoms with Crippen molar-refractivity contribution in [3.8, 4) is 0 Å². The molecule has 0 heterocycles. The lowest BCUT2D eigenvalue weighted by Crippen LogP contribution is -2.47. The average molecular weight is 707 g/mol. The van der Waals surface area contributed by atoms with E-state index in [1.165, 1.54) is 0 Å². The number of aliphatic carboxylic acids is 10. The van der Waals surface area contributed by atoms with Crippen LogP contribution >= 0.6 is 14.9 Å². The minimum Gasteiger partial charge on any atom is -0.481 e. The van der Waals surface area contributed by atoms with Crippen molar-refractivity contribution in [1.82, 2.24) is 0 Å². The monoisotopic (exact) mass is 707 g/mol. The van der Waals surface area contributed by atoms with E-state index in [4.69, 9.17) is 25.5 Å². The van der Waals surface area contributed by atoms with Gasteiger partial charge in [0.2, 0.25) is 0 Å². The minimum absolute atomic E-state index is 0.401. The van der Waals surface area contributed by atoms with Crippen LogP contribution in [0, 0.1) is 23.7 Å². The molecule has 0 aromatic rings. The predicted molar refractivity (Wildman–Crippen MR) is 143 cm³/mol. The standard InChI is InChI=1S/C15H19O15P.C7H9O7P/c1-31(30,9(14(26)27)5(12(22)23)3-7(18)19)10(15(28)29)8(13(24)25)4(11(20)21)2-6(16)17;1-15(14)5(7(12)13)3(6(10)11)2-4(8)9/h4-5,8-10H,2-3H2,1H3,(H,16,17)(H,18,19)(H,20,21)(H,22,23)(H,24,25)(H,26,27)(H,28,29);3,5H,2H2,1H3,(H2-,8,9,10,11,12,13)/p+1. The summed E-state index contributed by atoms with van der Waals surface area (Å²) >= 11 is 0. The Morgan fingerprint density at radius 2 is 0.826 bits per heavy atom. The third kappa shape index (κ3) is 12.6. The van der Waals surface area contributed by atoms with Crippen molar-refractivity contribution in [3.63, 3.8) is 0 Å². The number of carbonyl (C=O) groups is 10. The highest BCUT2D eigenvalue weighted by atomic mass is 31.2. The van der Waals surface area contributed by atoms with Gasteiger partial charge in [-0.15, -0.1) is 0 Å². The number of hydrogen-bond donors (Lipinski definition) is 10. The molecule has 0 aliphatic carbocycles. The summed E-state index contributed by atoms with van der Waals surface area (Å²) in [5.41, 5.74) is -7.26. The van der Waals surface area contributed by atoms with Gasteiger partial charge in [0.05, 0.1) is 37.0 Å². The number of hydrogen-bond acceptors (Lipinski definition) is 12. The van der Waals surface area contributed by atoms with E-state index < -0.39 is 135 Å². The normalized spacial score (nSPS) is 16.9. The van der Waals surface area contributed by atoms with E-state index in [-0.39, 0.29) is 0 Å². The van der Waals surface area contributed by atoms with Gasteiger partial charge in [0.1, 0.15) is 31.0 Å². The molecule has 0 fully saturated rings. The van der Waals surface area contributed by atoms with Gasteiger partial charge >= 0.3 is 67.5 Å². The van der Waals surface area contributed by atoms with Gasteiger partial charge < -0.3 is 55.6 Å². The summed E-state index contributed by atoms with van der Waals surface area (Å²) in [6.07, 6.45) is -3.72. The fourth-order valence-electron chi connectivity index (χ4n) is 4.32. The maximum absolute atomic E-state index is 13.4. The maximum Gasteiger partial charge on any atom is 0.356 e. The van der Waals surface area contributed by atoms with Crippen molar-refractivity contribution in [2.24, 2.45) is 23.7 Å². The molecule has 0 amide bonds. The third-order valence-corrected chi connectivity index (χ3v) is 10.9. The van der Waals surface area contributed by atoms with Crippen LogP contribution in [0.4, 0.5) is 0 Å². The van der Waals surface area contributed by atoms with Crippen LogP contribution in [0.3, 0.4) is 0 Å². The molecular formula is C22H29O22P2+. The number of carboxylic acid groups (broad SMARTS) is 10. The number of rotatable bonds is 20. The molecule has 10 N–H and O–H groups in total. The number of carboxylic acids is 10. The topological polar surface area (TPSA) is 407 Å². The van der Waals surface area contributed by atoms with Crippen LogP contribution in [0.1, 0.15) is 19.3 Å². The van der Waals surface area contributed by atoms with Gasteiger partial charge in [-0.3, -0.25) is 43.2 Å². The summed E-state index contributed by atoms with van der Waals surface area (Å²) in [7, 11) is -7.42. The first-order valence-corrected chi connectivity index (χ1v) is 16.0. The van der Waals surface area contributed by atoms with E-state index in [9.17, 15) is 82.6 Å². The maximum atomic E-state index is 13.4. The molecule has 0 rings (SSSR count). The van der Waals surface area contributed by atoms with Gasteiger partial charge in [-0.25, -0.2) is 4.79 Å². The quantitative estimate of drug-likeness (QED) is 0.0679. The van der Waals surface area contributed by atoms with Crippen molar-refractivity contribution in [1.29, 1.82) is 0 Å². The van der Waals surface area contributed by atoms with Crippen LogP contribution in [0.5, 0.6) is 0 Å². The third-order valence-electron chi connectivity index (χ3n) is 6.21. The Morgan fingerprint density at radius 3 is 1.07 bits per heavy atom. The fraction of sp³-hybridized carbons (Fsp3) is 0.545. The lowest BCUT2D eigenvalue weighted by atomic mass is 9.86. The van der Waals surface area contributed by atoms with E-state index in [0.717, 1.165) is 6.66 Å². The molecule has 24 heteroatoms. The average Bonchev–Trinajstić information content (AvgIpc) is 2.83. The predicted octanol–water partition coefficient (Wildman–Crippen LogP) is -0.990. The van der Waals surface area contributed by atoms with Crippen LogP contribution < -0.4 is 0 Å². The first kappa shape index (κ1) is 43.2.